The lowest BCUT2D eigenvalue weighted by Crippen LogP contribution is -2.36. The van der Waals surface area contributed by atoms with Crippen LogP contribution in [0.2, 0.25) is 0 Å². The van der Waals surface area contributed by atoms with E-state index in [0.29, 0.717) is 11.5 Å². The summed E-state index contributed by atoms with van der Waals surface area (Å²) in [5.74, 6) is 0.255. The van der Waals surface area contributed by atoms with Crippen LogP contribution < -0.4 is 14.2 Å². The SMILES string of the molecule is O=C(O)c1ccc(S(=O)(=O)NCC(c2ccc3c(c2)OCO3)N2CCCC2)cc1. The van der Waals surface area contributed by atoms with Crippen LogP contribution in [-0.4, -0.2) is 50.8 Å². The van der Waals surface area contributed by atoms with Crippen molar-refractivity contribution in [1.29, 1.82) is 0 Å². The molecule has 0 amide bonds. The van der Waals surface area contributed by atoms with Crippen LogP contribution in [0, 0.1) is 0 Å². The summed E-state index contributed by atoms with van der Waals surface area (Å²) < 4.78 is 39.0. The smallest absolute Gasteiger partial charge is 0.335 e. The van der Waals surface area contributed by atoms with E-state index in [1.807, 2.05) is 18.2 Å². The second kappa shape index (κ2) is 8.02. The van der Waals surface area contributed by atoms with E-state index in [-0.39, 0.29) is 29.8 Å². The molecule has 0 saturated carbocycles. The number of likely N-dealkylation sites (tertiary alicyclic amines) is 1. The molecule has 2 aromatic carbocycles. The van der Waals surface area contributed by atoms with Gasteiger partial charge >= 0.3 is 5.97 Å². The monoisotopic (exact) mass is 418 g/mol. The molecule has 9 heteroatoms. The van der Waals surface area contributed by atoms with Gasteiger partial charge in [-0.05, 0) is 67.9 Å². The molecule has 1 saturated heterocycles. The molecule has 0 radical (unpaired) electrons. The molecule has 1 atom stereocenters. The van der Waals surface area contributed by atoms with Gasteiger partial charge in [-0.3, -0.25) is 4.90 Å². The zero-order valence-corrected chi connectivity index (χ0v) is 16.5. The molecule has 29 heavy (non-hydrogen) atoms. The first-order valence-electron chi connectivity index (χ1n) is 9.41. The molecular weight excluding hydrogens is 396 g/mol. The third kappa shape index (κ3) is 4.21. The van der Waals surface area contributed by atoms with Gasteiger partial charge < -0.3 is 14.6 Å². The summed E-state index contributed by atoms with van der Waals surface area (Å²) in [5, 5.41) is 8.98. The normalized spacial score (nSPS) is 17.4. The van der Waals surface area contributed by atoms with Gasteiger partial charge in [-0.1, -0.05) is 6.07 Å². The second-order valence-electron chi connectivity index (χ2n) is 7.05. The first-order chi connectivity index (χ1) is 13.9. The van der Waals surface area contributed by atoms with Crippen LogP contribution in [0.4, 0.5) is 0 Å². The molecule has 2 heterocycles. The van der Waals surface area contributed by atoms with E-state index in [0.717, 1.165) is 31.5 Å². The van der Waals surface area contributed by atoms with Gasteiger partial charge in [0.2, 0.25) is 16.8 Å². The van der Waals surface area contributed by atoms with Gasteiger partial charge in [0.25, 0.3) is 0 Å². The molecule has 2 aliphatic rings. The van der Waals surface area contributed by atoms with Crippen molar-refractivity contribution in [3.63, 3.8) is 0 Å². The van der Waals surface area contributed by atoms with E-state index in [4.69, 9.17) is 14.6 Å². The summed E-state index contributed by atoms with van der Waals surface area (Å²) >= 11 is 0. The number of nitrogens with one attached hydrogen (secondary N) is 1. The Hall–Kier alpha value is -2.62. The van der Waals surface area contributed by atoms with Crippen LogP contribution in [0.15, 0.2) is 47.4 Å². The van der Waals surface area contributed by atoms with Gasteiger partial charge in [-0.2, -0.15) is 0 Å². The van der Waals surface area contributed by atoms with E-state index >= 15 is 0 Å². The zero-order valence-electron chi connectivity index (χ0n) is 15.7. The first kappa shape index (κ1) is 19.7. The average molecular weight is 418 g/mol. The fourth-order valence-electron chi connectivity index (χ4n) is 3.68. The Morgan fingerprint density at radius 3 is 2.45 bits per heavy atom. The largest absolute Gasteiger partial charge is 0.478 e. The number of fused-ring (bicyclic) bond motifs is 1. The summed E-state index contributed by atoms with van der Waals surface area (Å²) in [6, 6.07) is 10.7. The lowest BCUT2D eigenvalue weighted by molar-refractivity contribution is 0.0696. The lowest BCUT2D eigenvalue weighted by Gasteiger charge is -2.28. The van der Waals surface area contributed by atoms with Crippen molar-refractivity contribution in [2.75, 3.05) is 26.4 Å². The molecule has 0 spiro atoms. The summed E-state index contributed by atoms with van der Waals surface area (Å²) in [5.41, 5.74) is 0.999. The number of ether oxygens (including phenoxy) is 2. The van der Waals surface area contributed by atoms with E-state index in [1.165, 1.54) is 24.3 Å². The van der Waals surface area contributed by atoms with Crippen LogP contribution >= 0.6 is 0 Å². The number of carbonyl (C=O) groups is 1. The minimum absolute atomic E-state index is 0.0355. The van der Waals surface area contributed by atoms with Gasteiger partial charge in [0.1, 0.15) is 0 Å². The molecule has 154 valence electrons. The van der Waals surface area contributed by atoms with Crippen molar-refractivity contribution in [2.24, 2.45) is 0 Å². The van der Waals surface area contributed by atoms with Crippen molar-refractivity contribution >= 4 is 16.0 Å². The van der Waals surface area contributed by atoms with E-state index in [9.17, 15) is 13.2 Å². The number of hydrogen-bond acceptors (Lipinski definition) is 6. The topological polar surface area (TPSA) is 105 Å². The van der Waals surface area contributed by atoms with Crippen molar-refractivity contribution in [3.05, 3.63) is 53.6 Å². The molecule has 2 aromatic rings. The highest BCUT2D eigenvalue weighted by atomic mass is 32.2. The Morgan fingerprint density at radius 2 is 1.76 bits per heavy atom. The third-order valence-corrected chi connectivity index (χ3v) is 6.68. The number of rotatable bonds is 7. The Labute approximate surface area is 169 Å². The van der Waals surface area contributed by atoms with Gasteiger partial charge in [0, 0.05) is 12.6 Å². The molecule has 2 N–H and O–H groups in total. The first-order valence-corrected chi connectivity index (χ1v) is 10.9. The number of carboxylic acid groups (broad SMARTS) is 1. The van der Waals surface area contributed by atoms with Gasteiger partial charge in [-0.25, -0.2) is 17.9 Å². The van der Waals surface area contributed by atoms with Crippen LogP contribution in [0.25, 0.3) is 0 Å². The molecular formula is C20H22N2O6S. The van der Waals surface area contributed by atoms with Crippen molar-refractivity contribution < 1.29 is 27.8 Å². The molecule has 1 fully saturated rings. The lowest BCUT2D eigenvalue weighted by atomic mass is 10.1. The molecule has 2 aliphatic heterocycles. The second-order valence-corrected chi connectivity index (χ2v) is 8.82. The number of sulfonamides is 1. The molecule has 0 bridgehead atoms. The number of carboxylic acids is 1. The maximum Gasteiger partial charge on any atom is 0.335 e. The predicted molar refractivity (Wildman–Crippen MR) is 105 cm³/mol. The average Bonchev–Trinajstić information content (AvgIpc) is 3.40. The maximum absolute atomic E-state index is 12.7. The third-order valence-electron chi connectivity index (χ3n) is 5.24. The highest BCUT2D eigenvalue weighted by molar-refractivity contribution is 7.89. The minimum Gasteiger partial charge on any atom is -0.478 e. The maximum atomic E-state index is 12.7. The highest BCUT2D eigenvalue weighted by Gasteiger charge is 2.27. The molecule has 4 rings (SSSR count). The number of nitrogens with zero attached hydrogens (tertiary/aromatic N) is 1. The summed E-state index contributed by atoms with van der Waals surface area (Å²) in [6.45, 7) is 2.18. The number of benzene rings is 2. The molecule has 0 aromatic heterocycles. The van der Waals surface area contributed by atoms with Gasteiger partial charge in [0.05, 0.1) is 10.5 Å². The Morgan fingerprint density at radius 1 is 1.07 bits per heavy atom. The highest BCUT2D eigenvalue weighted by Crippen LogP contribution is 2.36. The van der Waals surface area contributed by atoms with Crippen molar-refractivity contribution in [2.45, 2.75) is 23.8 Å². The zero-order chi connectivity index (χ0) is 20.4. The van der Waals surface area contributed by atoms with Crippen LogP contribution in [-0.2, 0) is 10.0 Å². The number of aromatic carboxylic acids is 1. The molecule has 1 unspecified atom stereocenters. The minimum atomic E-state index is -3.77. The van der Waals surface area contributed by atoms with E-state index in [1.54, 1.807) is 0 Å². The van der Waals surface area contributed by atoms with Gasteiger partial charge in [-0.15, -0.1) is 0 Å². The summed E-state index contributed by atoms with van der Waals surface area (Å²) in [7, 11) is -3.77. The fourth-order valence-corrected chi connectivity index (χ4v) is 4.72. The standard InChI is InChI=1S/C20H22N2O6S/c23-20(24)14-3-6-16(7-4-14)29(25,26)21-12-17(22-9-1-2-10-22)15-5-8-18-19(11-15)28-13-27-18/h3-8,11,17,21H,1-2,9-10,12-13H2,(H,23,24). The quantitative estimate of drug-likeness (QED) is 0.710. The molecule has 0 aliphatic carbocycles. The van der Waals surface area contributed by atoms with Crippen molar-refractivity contribution in [1.82, 2.24) is 9.62 Å². The summed E-state index contributed by atoms with van der Waals surface area (Å²) in [6.07, 6.45) is 2.15. The Kier molecular flexibility index (Phi) is 5.44. The molecule has 8 nitrogen and oxygen atoms in total. The van der Waals surface area contributed by atoms with Crippen LogP contribution in [0.1, 0.15) is 34.8 Å². The Balaban J connectivity index is 1.54. The van der Waals surface area contributed by atoms with E-state index in [2.05, 4.69) is 9.62 Å². The van der Waals surface area contributed by atoms with Crippen molar-refractivity contribution in [3.8, 4) is 11.5 Å². The van der Waals surface area contributed by atoms with E-state index < -0.39 is 16.0 Å². The Bertz CT molecular complexity index is 1000. The van der Waals surface area contributed by atoms with Crippen LogP contribution in [0.5, 0.6) is 11.5 Å². The van der Waals surface area contributed by atoms with Gasteiger partial charge in [0.15, 0.2) is 11.5 Å². The van der Waals surface area contributed by atoms with Crippen LogP contribution in [0.3, 0.4) is 0 Å². The summed E-state index contributed by atoms with van der Waals surface area (Å²) in [4.78, 5) is 13.3. The number of hydrogen-bond donors (Lipinski definition) is 2. The fraction of sp³-hybridized carbons (Fsp3) is 0.350. The predicted octanol–water partition coefficient (Wildman–Crippen LogP) is 2.23.